The van der Waals surface area contributed by atoms with E-state index >= 15 is 0 Å². The van der Waals surface area contributed by atoms with Crippen molar-refractivity contribution in [2.45, 2.75) is 26.6 Å². The highest BCUT2D eigenvalue weighted by molar-refractivity contribution is 7.18. The molecule has 1 N–H and O–H groups in total. The van der Waals surface area contributed by atoms with Gasteiger partial charge in [-0.15, -0.1) is 11.3 Å². The van der Waals surface area contributed by atoms with Crippen molar-refractivity contribution in [1.82, 2.24) is 0 Å². The number of hydrogen-bond donors (Lipinski definition) is 1. The van der Waals surface area contributed by atoms with Gasteiger partial charge in [-0.1, -0.05) is 24.3 Å². The van der Waals surface area contributed by atoms with E-state index in [9.17, 15) is 22.8 Å². The summed E-state index contributed by atoms with van der Waals surface area (Å²) in [6.45, 7) is 3.49. The largest absolute Gasteiger partial charge is 0.480 e. The number of hydrogen-bond acceptors (Lipinski definition) is 7. The Labute approximate surface area is 204 Å². The van der Waals surface area contributed by atoms with Gasteiger partial charge in [0.15, 0.2) is 11.5 Å². The minimum absolute atomic E-state index is 0.193. The molecule has 0 aliphatic heterocycles. The van der Waals surface area contributed by atoms with Crippen molar-refractivity contribution >= 4 is 29.0 Å². The number of thiophene rings is 1. The van der Waals surface area contributed by atoms with Crippen LogP contribution in [0.3, 0.4) is 0 Å². The predicted molar refractivity (Wildman–Crippen MR) is 127 cm³/mol. The van der Waals surface area contributed by atoms with Gasteiger partial charge in [-0.25, -0.2) is 9.59 Å². The van der Waals surface area contributed by atoms with Crippen LogP contribution in [0.1, 0.15) is 33.3 Å². The molecule has 0 unspecified atom stereocenters. The number of ether oxygens (including phenoxy) is 3. The number of rotatable bonds is 9. The molecule has 1 aromatic heterocycles. The fourth-order valence-electron chi connectivity index (χ4n) is 3.34. The molecule has 35 heavy (non-hydrogen) atoms. The van der Waals surface area contributed by atoms with Gasteiger partial charge in [0.05, 0.1) is 19.3 Å². The van der Waals surface area contributed by atoms with Crippen molar-refractivity contribution in [3.05, 3.63) is 70.1 Å². The third-order valence-corrected chi connectivity index (χ3v) is 6.28. The monoisotopic (exact) mass is 507 g/mol. The number of carbonyl (C=O) groups is 2. The Morgan fingerprint density at radius 2 is 1.83 bits per heavy atom. The molecule has 0 atom stereocenters. The Morgan fingerprint density at radius 3 is 2.51 bits per heavy atom. The van der Waals surface area contributed by atoms with Crippen LogP contribution in [-0.4, -0.2) is 32.3 Å². The third-order valence-electron chi connectivity index (χ3n) is 4.98. The Bertz CT molecular complexity index is 1210. The van der Waals surface area contributed by atoms with E-state index in [1.807, 2.05) is 12.1 Å². The zero-order valence-corrected chi connectivity index (χ0v) is 20.1. The Balaban J connectivity index is 1.84. The summed E-state index contributed by atoms with van der Waals surface area (Å²) in [6, 6.07) is 12.4. The molecule has 0 spiro atoms. The minimum Gasteiger partial charge on any atom is -0.480 e. The van der Waals surface area contributed by atoms with Gasteiger partial charge in [0, 0.05) is 22.7 Å². The third kappa shape index (κ3) is 6.54. The van der Waals surface area contributed by atoms with E-state index < -0.39 is 23.7 Å². The number of anilines is 1. The van der Waals surface area contributed by atoms with Crippen molar-refractivity contribution in [2.75, 3.05) is 25.6 Å². The molecular formula is C25H24F3NO5S. The summed E-state index contributed by atoms with van der Waals surface area (Å²) in [4.78, 5) is 25.0. The molecule has 0 aliphatic carbocycles. The number of benzene rings is 2. The van der Waals surface area contributed by atoms with Gasteiger partial charge in [-0.3, -0.25) is 0 Å². The normalized spacial score (nSPS) is 11.1. The lowest BCUT2D eigenvalue weighted by Gasteiger charge is -2.11. The predicted octanol–water partition coefficient (Wildman–Crippen LogP) is 6.08. The van der Waals surface area contributed by atoms with Crippen molar-refractivity contribution in [1.29, 1.82) is 0 Å². The molecule has 0 radical (unpaired) electrons. The molecule has 0 saturated carbocycles. The topological polar surface area (TPSA) is 73.9 Å². The first-order valence-electron chi connectivity index (χ1n) is 10.6. The molecule has 10 heteroatoms. The van der Waals surface area contributed by atoms with E-state index in [1.165, 1.54) is 13.2 Å². The van der Waals surface area contributed by atoms with Crippen molar-refractivity contribution in [3.63, 3.8) is 0 Å². The summed E-state index contributed by atoms with van der Waals surface area (Å²) in [6.07, 6.45) is -4.41. The summed E-state index contributed by atoms with van der Waals surface area (Å²) < 4.78 is 54.3. The molecule has 1 heterocycles. The number of methoxy groups -OCH3 is 1. The van der Waals surface area contributed by atoms with E-state index in [4.69, 9.17) is 14.2 Å². The van der Waals surface area contributed by atoms with Crippen molar-refractivity contribution < 1.29 is 37.0 Å². The first-order chi connectivity index (χ1) is 16.6. The number of nitrogens with one attached hydrogen (secondary N) is 1. The van der Waals surface area contributed by atoms with Gasteiger partial charge in [0.25, 0.3) is 0 Å². The number of carbonyl (C=O) groups excluding carboxylic acids is 2. The first-order valence-corrected chi connectivity index (χ1v) is 11.5. The van der Waals surface area contributed by atoms with Crippen LogP contribution in [0.15, 0.2) is 48.5 Å². The second kappa shape index (κ2) is 11.3. The van der Waals surface area contributed by atoms with E-state index in [1.54, 1.807) is 32.0 Å². The average molecular weight is 508 g/mol. The molecule has 0 amide bonds. The second-order valence-electron chi connectivity index (χ2n) is 7.43. The quantitative estimate of drug-likeness (QED) is 0.354. The Hall–Kier alpha value is -3.53. The van der Waals surface area contributed by atoms with Crippen molar-refractivity contribution in [3.8, 4) is 16.2 Å². The molecule has 6 nitrogen and oxygen atoms in total. The summed E-state index contributed by atoms with van der Waals surface area (Å²) in [5, 5.41) is 3.13. The molecule has 2 aromatic carbocycles. The minimum atomic E-state index is -4.41. The lowest BCUT2D eigenvalue weighted by atomic mass is 10.1. The van der Waals surface area contributed by atoms with Gasteiger partial charge < -0.3 is 19.5 Å². The van der Waals surface area contributed by atoms with Crippen LogP contribution in [0.2, 0.25) is 0 Å². The van der Waals surface area contributed by atoms with Gasteiger partial charge >= 0.3 is 18.1 Å². The highest BCUT2D eigenvalue weighted by Crippen LogP contribution is 2.42. The van der Waals surface area contributed by atoms with Crippen LogP contribution in [0.25, 0.3) is 10.4 Å². The lowest BCUT2D eigenvalue weighted by Crippen LogP contribution is -2.15. The fourth-order valence-corrected chi connectivity index (χ4v) is 4.51. The highest BCUT2D eigenvalue weighted by atomic mass is 32.1. The Morgan fingerprint density at radius 1 is 1.09 bits per heavy atom. The SMILES string of the molecule is CCOC(=O)COc1c(C(=O)OC)sc(-c2cccc(NCc3cccc(C(F)(F)F)c3)c2)c1C. The molecule has 0 bridgehead atoms. The van der Waals surface area contributed by atoms with Gasteiger partial charge in [0.2, 0.25) is 0 Å². The van der Waals surface area contributed by atoms with Gasteiger partial charge in [-0.2, -0.15) is 13.2 Å². The smallest absolute Gasteiger partial charge is 0.416 e. The molecule has 0 saturated heterocycles. The van der Waals surface area contributed by atoms with Crippen LogP contribution in [0.4, 0.5) is 18.9 Å². The van der Waals surface area contributed by atoms with Crippen LogP contribution in [0.5, 0.6) is 5.75 Å². The van der Waals surface area contributed by atoms with Gasteiger partial charge in [-0.05, 0) is 49.2 Å². The van der Waals surface area contributed by atoms with Gasteiger partial charge in [0.1, 0.15) is 5.75 Å². The highest BCUT2D eigenvalue weighted by Gasteiger charge is 2.30. The molecule has 0 fully saturated rings. The zero-order chi connectivity index (χ0) is 25.6. The summed E-state index contributed by atoms with van der Waals surface area (Å²) in [5.41, 5.74) is 1.87. The maximum Gasteiger partial charge on any atom is 0.416 e. The van der Waals surface area contributed by atoms with E-state index in [-0.39, 0.29) is 30.4 Å². The summed E-state index contributed by atoms with van der Waals surface area (Å²) in [7, 11) is 1.25. The fraction of sp³-hybridized carbons (Fsp3) is 0.280. The molecule has 0 aliphatic rings. The molecule has 3 rings (SSSR count). The lowest BCUT2D eigenvalue weighted by molar-refractivity contribution is -0.145. The van der Waals surface area contributed by atoms with Crippen LogP contribution < -0.4 is 10.1 Å². The standard InChI is InChI=1S/C25H24F3NO5S/c1-4-33-20(30)14-34-21-15(2)22(35-23(21)24(31)32-3)17-8-6-10-19(12-17)29-13-16-7-5-9-18(11-16)25(26,27)28/h5-12,29H,4,13-14H2,1-3H3. The van der Waals surface area contributed by atoms with E-state index in [0.717, 1.165) is 33.9 Å². The first kappa shape index (κ1) is 26.1. The maximum absolute atomic E-state index is 13.0. The Kier molecular flexibility index (Phi) is 8.39. The zero-order valence-electron chi connectivity index (χ0n) is 19.3. The van der Waals surface area contributed by atoms with E-state index in [2.05, 4.69) is 5.32 Å². The number of halogens is 3. The van der Waals surface area contributed by atoms with Crippen LogP contribution >= 0.6 is 11.3 Å². The summed E-state index contributed by atoms with van der Waals surface area (Å²) in [5.74, 6) is -0.912. The maximum atomic E-state index is 13.0. The molecule has 3 aromatic rings. The number of alkyl halides is 3. The van der Waals surface area contributed by atoms with Crippen LogP contribution in [0, 0.1) is 6.92 Å². The summed E-state index contributed by atoms with van der Waals surface area (Å²) >= 11 is 1.16. The van der Waals surface area contributed by atoms with Crippen LogP contribution in [-0.2, 0) is 27.0 Å². The number of esters is 2. The van der Waals surface area contributed by atoms with E-state index in [0.29, 0.717) is 16.8 Å². The average Bonchev–Trinajstić information content (AvgIpc) is 3.17. The molecule has 186 valence electrons. The van der Waals surface area contributed by atoms with Crippen molar-refractivity contribution in [2.24, 2.45) is 0 Å². The molecular weight excluding hydrogens is 483 g/mol. The second-order valence-corrected chi connectivity index (χ2v) is 8.45.